The number of aromatic nitrogens is 2. The van der Waals surface area contributed by atoms with Crippen molar-refractivity contribution in [3.8, 4) is 23.0 Å². The summed E-state index contributed by atoms with van der Waals surface area (Å²) in [6.45, 7) is 0.550. The number of methoxy groups -OCH3 is 4. The van der Waals surface area contributed by atoms with E-state index in [0.29, 0.717) is 53.1 Å². The van der Waals surface area contributed by atoms with Crippen molar-refractivity contribution >= 4 is 34.6 Å². The summed E-state index contributed by atoms with van der Waals surface area (Å²) in [6.07, 6.45) is 4.34. The number of anilines is 1. The van der Waals surface area contributed by atoms with Crippen LogP contribution >= 0.6 is 0 Å². The van der Waals surface area contributed by atoms with Crippen molar-refractivity contribution in [1.82, 2.24) is 9.97 Å². The molecule has 0 radical (unpaired) electrons. The summed E-state index contributed by atoms with van der Waals surface area (Å²) in [7, 11) is 6.35. The largest absolute Gasteiger partial charge is 0.497 e. The Morgan fingerprint density at radius 1 is 0.842 bits per heavy atom. The lowest BCUT2D eigenvalue weighted by molar-refractivity contribution is -0.384. The second kappa shape index (κ2) is 11.9. The molecule has 3 aromatic carbocycles. The number of fused-ring (bicyclic) bond motifs is 1. The minimum Gasteiger partial charge on any atom is -0.497 e. The maximum absolute atomic E-state index is 10.9. The first-order chi connectivity index (χ1) is 18.4. The van der Waals surface area contributed by atoms with E-state index in [0.717, 1.165) is 16.5 Å². The molecule has 0 spiro atoms. The van der Waals surface area contributed by atoms with Crippen LogP contribution in [0.1, 0.15) is 17.0 Å². The Morgan fingerprint density at radius 2 is 1.50 bits per heavy atom. The lowest BCUT2D eigenvalue weighted by Crippen LogP contribution is -2.08. The van der Waals surface area contributed by atoms with Crippen molar-refractivity contribution in [1.29, 1.82) is 0 Å². The smallest absolute Gasteiger partial charge is 0.269 e. The minimum atomic E-state index is -0.409. The highest BCUT2D eigenvalue weighted by molar-refractivity contribution is 5.92. The number of non-ortho nitro benzene ring substituents is 1. The summed E-state index contributed by atoms with van der Waals surface area (Å²) in [6, 6.07) is 15.7. The van der Waals surface area contributed by atoms with Gasteiger partial charge in [-0.05, 0) is 41.8 Å². The van der Waals surface area contributed by atoms with Crippen molar-refractivity contribution in [2.45, 2.75) is 6.42 Å². The van der Waals surface area contributed by atoms with Crippen LogP contribution in [0.4, 0.5) is 11.5 Å². The molecule has 0 saturated heterocycles. The fourth-order valence-electron chi connectivity index (χ4n) is 3.89. The molecule has 1 N–H and O–H groups in total. The van der Waals surface area contributed by atoms with E-state index in [9.17, 15) is 10.1 Å². The molecule has 10 nitrogen and oxygen atoms in total. The van der Waals surface area contributed by atoms with E-state index in [1.54, 1.807) is 46.6 Å². The molecule has 4 rings (SSSR count). The summed E-state index contributed by atoms with van der Waals surface area (Å²) < 4.78 is 21.7. The minimum absolute atomic E-state index is 0.0645. The van der Waals surface area contributed by atoms with Crippen molar-refractivity contribution in [3.63, 3.8) is 0 Å². The average Bonchev–Trinajstić information content (AvgIpc) is 2.95. The van der Waals surface area contributed by atoms with E-state index in [1.807, 2.05) is 36.4 Å². The number of nitrogens with zero attached hydrogens (tertiary/aromatic N) is 3. The maximum atomic E-state index is 10.9. The van der Waals surface area contributed by atoms with Crippen LogP contribution < -0.4 is 24.3 Å². The van der Waals surface area contributed by atoms with Crippen LogP contribution in [0, 0.1) is 10.1 Å². The third kappa shape index (κ3) is 6.09. The predicted octanol–water partition coefficient (Wildman–Crippen LogP) is 5.40. The molecule has 196 valence electrons. The van der Waals surface area contributed by atoms with E-state index in [-0.39, 0.29) is 5.69 Å². The Bertz CT molecular complexity index is 1450. The standard InChI is InChI=1S/C28H28N4O6/c1-35-21-13-19(14-22(15-21)36-2)7-10-27-30-24-17-26(38-4)25(37-3)16-23(24)28(31-27)29-12-11-18-5-8-20(9-6-18)32(33)34/h5-10,13-17H,11-12H2,1-4H3,(H,29,30,31)/b10-7+. The Labute approximate surface area is 220 Å². The first kappa shape index (κ1) is 26.2. The number of nitrogens with one attached hydrogen (secondary N) is 1. The van der Waals surface area contributed by atoms with Gasteiger partial charge in [0.25, 0.3) is 5.69 Å². The van der Waals surface area contributed by atoms with Gasteiger partial charge in [-0.15, -0.1) is 0 Å². The van der Waals surface area contributed by atoms with Gasteiger partial charge >= 0.3 is 0 Å². The Balaban J connectivity index is 1.65. The van der Waals surface area contributed by atoms with Crippen LogP contribution in [0.2, 0.25) is 0 Å². The fourth-order valence-corrected chi connectivity index (χ4v) is 3.89. The topological polar surface area (TPSA) is 118 Å². The van der Waals surface area contributed by atoms with Gasteiger partial charge in [0, 0.05) is 36.2 Å². The van der Waals surface area contributed by atoms with Gasteiger partial charge in [0.05, 0.1) is 38.9 Å². The van der Waals surface area contributed by atoms with Crippen molar-refractivity contribution in [3.05, 3.63) is 81.7 Å². The van der Waals surface area contributed by atoms with Crippen LogP contribution in [0.25, 0.3) is 23.1 Å². The van der Waals surface area contributed by atoms with E-state index >= 15 is 0 Å². The van der Waals surface area contributed by atoms with E-state index in [2.05, 4.69) is 5.32 Å². The first-order valence-electron chi connectivity index (χ1n) is 11.8. The molecule has 1 heterocycles. The molecule has 1 aromatic heterocycles. The van der Waals surface area contributed by atoms with Crippen molar-refractivity contribution in [2.75, 3.05) is 40.3 Å². The highest BCUT2D eigenvalue weighted by Gasteiger charge is 2.13. The molecule has 4 aromatic rings. The lowest BCUT2D eigenvalue weighted by atomic mass is 10.1. The van der Waals surface area contributed by atoms with E-state index < -0.39 is 4.92 Å². The summed E-state index contributed by atoms with van der Waals surface area (Å²) in [5.41, 5.74) is 2.57. The first-order valence-corrected chi connectivity index (χ1v) is 11.8. The van der Waals surface area contributed by atoms with Crippen LogP contribution in [-0.4, -0.2) is 49.9 Å². The van der Waals surface area contributed by atoms with Gasteiger partial charge in [-0.1, -0.05) is 18.2 Å². The van der Waals surface area contributed by atoms with Gasteiger partial charge in [0.2, 0.25) is 0 Å². The zero-order chi connectivity index (χ0) is 27.1. The second-order valence-electron chi connectivity index (χ2n) is 8.23. The molecule has 0 fully saturated rings. The van der Waals surface area contributed by atoms with Gasteiger partial charge in [-0.3, -0.25) is 10.1 Å². The SMILES string of the molecule is COc1cc(/C=C/c2nc(NCCc3ccc([N+](=O)[O-])cc3)c3cc(OC)c(OC)cc3n2)cc(OC)c1. The third-order valence-electron chi connectivity index (χ3n) is 5.87. The quantitative estimate of drug-likeness (QED) is 0.206. The lowest BCUT2D eigenvalue weighted by Gasteiger charge is -2.13. The fraction of sp³-hybridized carbons (Fsp3) is 0.214. The van der Waals surface area contributed by atoms with Crippen LogP contribution in [0.3, 0.4) is 0 Å². The van der Waals surface area contributed by atoms with Gasteiger partial charge in [-0.25, -0.2) is 9.97 Å². The number of hydrogen-bond acceptors (Lipinski definition) is 9. The number of ether oxygens (including phenoxy) is 4. The Hall–Kier alpha value is -4.86. The van der Waals surface area contributed by atoms with Gasteiger partial charge < -0.3 is 24.3 Å². The summed E-state index contributed by atoms with van der Waals surface area (Å²) in [4.78, 5) is 20.0. The third-order valence-corrected chi connectivity index (χ3v) is 5.87. The van der Waals surface area contributed by atoms with Crippen LogP contribution in [-0.2, 0) is 6.42 Å². The van der Waals surface area contributed by atoms with E-state index in [1.165, 1.54) is 12.1 Å². The summed E-state index contributed by atoms with van der Waals surface area (Å²) in [5.74, 6) is 3.59. The number of nitro benzene ring substituents is 1. The molecule has 10 heteroatoms. The molecule has 0 bridgehead atoms. The maximum Gasteiger partial charge on any atom is 0.269 e. The molecule has 0 aliphatic rings. The number of rotatable bonds is 11. The van der Waals surface area contributed by atoms with Crippen LogP contribution in [0.5, 0.6) is 23.0 Å². The summed E-state index contributed by atoms with van der Waals surface area (Å²) >= 11 is 0. The van der Waals surface area contributed by atoms with Crippen molar-refractivity contribution < 1.29 is 23.9 Å². The monoisotopic (exact) mass is 516 g/mol. The molecule has 0 aliphatic carbocycles. The Kier molecular flexibility index (Phi) is 8.22. The number of benzene rings is 3. The number of nitro groups is 1. The van der Waals surface area contributed by atoms with Crippen molar-refractivity contribution in [2.24, 2.45) is 0 Å². The average molecular weight is 517 g/mol. The molecule has 38 heavy (non-hydrogen) atoms. The highest BCUT2D eigenvalue weighted by Crippen LogP contribution is 2.34. The Morgan fingerprint density at radius 3 is 2.11 bits per heavy atom. The van der Waals surface area contributed by atoms with Gasteiger partial charge in [-0.2, -0.15) is 0 Å². The molecule has 0 unspecified atom stereocenters. The molecular formula is C28H28N4O6. The highest BCUT2D eigenvalue weighted by atomic mass is 16.6. The normalized spacial score (nSPS) is 10.9. The zero-order valence-electron chi connectivity index (χ0n) is 21.6. The molecule has 0 atom stereocenters. The zero-order valence-corrected chi connectivity index (χ0v) is 21.6. The van der Waals surface area contributed by atoms with Gasteiger partial charge in [0.1, 0.15) is 17.3 Å². The predicted molar refractivity (Wildman–Crippen MR) is 146 cm³/mol. The molecule has 0 aliphatic heterocycles. The van der Waals surface area contributed by atoms with Crippen LogP contribution in [0.15, 0.2) is 54.6 Å². The molecule has 0 saturated carbocycles. The van der Waals surface area contributed by atoms with E-state index in [4.69, 9.17) is 28.9 Å². The second-order valence-corrected chi connectivity index (χ2v) is 8.23. The van der Waals surface area contributed by atoms with Gasteiger partial charge in [0.15, 0.2) is 17.3 Å². The summed E-state index contributed by atoms with van der Waals surface area (Å²) in [5, 5.41) is 15.1. The molecule has 0 amide bonds. The number of hydrogen-bond donors (Lipinski definition) is 1. The molecular weight excluding hydrogens is 488 g/mol.